The molecule has 2 aromatic carbocycles. The molecule has 1 aliphatic rings. The Bertz CT molecular complexity index is 730. The number of thiol groups is 1. The molecule has 0 radical (unpaired) electrons. The van der Waals surface area contributed by atoms with Crippen molar-refractivity contribution in [3.8, 4) is 0 Å². The van der Waals surface area contributed by atoms with E-state index in [1.165, 1.54) is 0 Å². The number of rotatable bonds is 2. The van der Waals surface area contributed by atoms with E-state index in [2.05, 4.69) is 15.5 Å². The van der Waals surface area contributed by atoms with Crippen LogP contribution in [0.15, 0.2) is 46.4 Å². The van der Waals surface area contributed by atoms with Gasteiger partial charge in [-0.2, -0.15) is 8.42 Å². The topological polar surface area (TPSA) is 55.7 Å². The van der Waals surface area contributed by atoms with Gasteiger partial charge in [-0.05, 0) is 16.8 Å². The van der Waals surface area contributed by atoms with E-state index in [9.17, 15) is 8.42 Å². The van der Waals surface area contributed by atoms with Gasteiger partial charge in [-0.3, -0.25) is 4.28 Å². The summed E-state index contributed by atoms with van der Waals surface area (Å²) in [5, 5.41) is 5.97. The Labute approximate surface area is 116 Å². The molecule has 0 N–H and O–H groups in total. The van der Waals surface area contributed by atoms with Crippen LogP contribution < -0.4 is 0 Å². The van der Waals surface area contributed by atoms with Gasteiger partial charge >= 0.3 is 11.0 Å². The Balaban J connectivity index is 2.21. The van der Waals surface area contributed by atoms with E-state index in [1.807, 2.05) is 30.3 Å². The highest BCUT2D eigenvalue weighted by Gasteiger charge is 2.19. The third kappa shape index (κ3) is 2.46. The van der Waals surface area contributed by atoms with Crippen molar-refractivity contribution in [2.24, 2.45) is 5.16 Å². The van der Waals surface area contributed by atoms with Gasteiger partial charge in [-0.1, -0.05) is 35.5 Å². The zero-order valence-electron chi connectivity index (χ0n) is 9.91. The van der Waals surface area contributed by atoms with Gasteiger partial charge in [0.25, 0.3) is 0 Å². The quantitative estimate of drug-likeness (QED) is 0.683. The minimum absolute atomic E-state index is 0.699. The fraction of sp³-hybridized carbons (Fsp3) is 0.154. The van der Waals surface area contributed by atoms with Crippen molar-refractivity contribution in [2.75, 3.05) is 5.75 Å². The molecule has 0 amide bonds. The Morgan fingerprint density at radius 1 is 1.16 bits per heavy atom. The zero-order valence-corrected chi connectivity index (χ0v) is 11.6. The number of thioether (sulfide) groups is 1. The lowest BCUT2D eigenvalue weighted by Gasteiger charge is -2.18. The molecule has 0 aromatic heterocycles. The van der Waals surface area contributed by atoms with Crippen molar-refractivity contribution < 1.29 is 12.7 Å². The minimum Gasteiger partial charge on any atom is -0.270 e. The van der Waals surface area contributed by atoms with E-state index < -0.39 is 11.0 Å². The zero-order chi connectivity index (χ0) is 13.2. The molecule has 1 heterocycles. The fourth-order valence-corrected chi connectivity index (χ4v) is 3.44. The molecule has 0 bridgehead atoms. The molecule has 3 rings (SSSR count). The van der Waals surface area contributed by atoms with E-state index >= 15 is 0 Å². The molecule has 0 spiro atoms. The van der Waals surface area contributed by atoms with Crippen molar-refractivity contribution in [3.63, 3.8) is 0 Å². The molecule has 0 saturated carbocycles. The maximum atomic E-state index is 10.5. The van der Waals surface area contributed by atoms with Crippen molar-refractivity contribution >= 4 is 39.2 Å². The van der Waals surface area contributed by atoms with Crippen LogP contribution in [0.3, 0.4) is 0 Å². The first-order valence-corrected chi connectivity index (χ1v) is 7.87. The first-order chi connectivity index (χ1) is 9.25. The maximum absolute atomic E-state index is 10.5. The molecular weight excluding hydrogens is 282 g/mol. The fourth-order valence-electron chi connectivity index (χ4n) is 2.23. The summed E-state index contributed by atoms with van der Waals surface area (Å²) in [5.74, 6) is 0.878. The van der Waals surface area contributed by atoms with Gasteiger partial charge in [0.15, 0.2) is 0 Å². The van der Waals surface area contributed by atoms with Gasteiger partial charge in [-0.15, -0.1) is 11.8 Å². The van der Waals surface area contributed by atoms with Crippen LogP contribution in [-0.2, 0) is 15.3 Å². The highest BCUT2D eigenvalue weighted by atomic mass is 32.2. The van der Waals surface area contributed by atoms with E-state index in [4.69, 9.17) is 0 Å². The first-order valence-electron chi connectivity index (χ1n) is 5.79. The predicted octanol–water partition coefficient (Wildman–Crippen LogP) is 2.58. The number of nitrogens with zero attached hydrogens (tertiary/aromatic N) is 1. The molecule has 1 aliphatic heterocycles. The molecule has 0 saturated heterocycles. The lowest BCUT2D eigenvalue weighted by molar-refractivity contribution is 0.355. The predicted molar refractivity (Wildman–Crippen MR) is 77.2 cm³/mol. The van der Waals surface area contributed by atoms with Crippen LogP contribution in [0.25, 0.3) is 10.8 Å². The van der Waals surface area contributed by atoms with Gasteiger partial charge in [0.2, 0.25) is 0 Å². The second-order valence-corrected chi connectivity index (χ2v) is 5.85. The summed E-state index contributed by atoms with van der Waals surface area (Å²) in [4.78, 5) is 1.12. The number of hydrogen-bond donors (Lipinski definition) is 1. The van der Waals surface area contributed by atoms with Gasteiger partial charge < -0.3 is 0 Å². The molecule has 4 nitrogen and oxygen atoms in total. The normalized spacial score (nSPS) is 16.8. The van der Waals surface area contributed by atoms with Crippen molar-refractivity contribution in [2.45, 2.75) is 11.3 Å². The highest BCUT2D eigenvalue weighted by Crippen LogP contribution is 2.35. The maximum Gasteiger partial charge on any atom is 0.318 e. The third-order valence-corrected chi connectivity index (χ3v) is 4.27. The summed E-state index contributed by atoms with van der Waals surface area (Å²) in [6, 6.07) is 12.1. The third-order valence-electron chi connectivity index (χ3n) is 2.99. The minimum atomic E-state index is -2.95. The van der Waals surface area contributed by atoms with Crippen LogP contribution >= 0.6 is 11.8 Å². The Morgan fingerprint density at radius 3 is 2.84 bits per heavy atom. The van der Waals surface area contributed by atoms with Crippen LogP contribution in [0.5, 0.6) is 0 Å². The molecule has 19 heavy (non-hydrogen) atoms. The van der Waals surface area contributed by atoms with Crippen LogP contribution in [0.2, 0.25) is 0 Å². The van der Waals surface area contributed by atoms with Crippen LogP contribution in [0.4, 0.5) is 0 Å². The second kappa shape index (κ2) is 5.22. The molecule has 0 atom stereocenters. The molecule has 2 aromatic rings. The van der Waals surface area contributed by atoms with Gasteiger partial charge in [0.05, 0.1) is 5.71 Å². The lowest BCUT2D eigenvalue weighted by Crippen LogP contribution is -2.11. The smallest absolute Gasteiger partial charge is 0.270 e. The number of benzene rings is 2. The standard InChI is InChI=1S/C13H11NO3S2/c15-19(16)17-14-11-7-8-18-12-6-5-9-3-1-2-4-10(9)13(11)12/h1-6,19H,7-8H2/b14-11+. The number of fused-ring (bicyclic) bond motifs is 3. The molecule has 0 aliphatic carbocycles. The summed E-state index contributed by atoms with van der Waals surface area (Å²) in [6.45, 7) is 0. The van der Waals surface area contributed by atoms with Crippen molar-refractivity contribution in [1.82, 2.24) is 0 Å². The van der Waals surface area contributed by atoms with Gasteiger partial charge in [0.1, 0.15) is 0 Å². The van der Waals surface area contributed by atoms with Crippen LogP contribution in [0.1, 0.15) is 12.0 Å². The number of oxime groups is 1. The van der Waals surface area contributed by atoms with E-state index in [1.54, 1.807) is 11.8 Å². The average Bonchev–Trinajstić information content (AvgIpc) is 2.44. The Hall–Kier alpha value is -1.53. The SMILES string of the molecule is O=[SH](=O)O/N=C1\CCSc2ccc3ccccc3c21. The van der Waals surface area contributed by atoms with Crippen molar-refractivity contribution in [1.29, 1.82) is 0 Å². The van der Waals surface area contributed by atoms with Crippen molar-refractivity contribution in [3.05, 3.63) is 42.0 Å². The van der Waals surface area contributed by atoms with Crippen LogP contribution in [-0.4, -0.2) is 19.9 Å². The summed E-state index contributed by atoms with van der Waals surface area (Å²) < 4.78 is 25.5. The van der Waals surface area contributed by atoms with Crippen LogP contribution in [0, 0.1) is 0 Å². The molecular formula is C13H11NO3S2. The lowest BCUT2D eigenvalue weighted by atomic mass is 9.99. The summed E-state index contributed by atoms with van der Waals surface area (Å²) in [6.07, 6.45) is 0.703. The molecule has 98 valence electrons. The Morgan fingerprint density at radius 2 is 2.00 bits per heavy atom. The summed E-state index contributed by atoms with van der Waals surface area (Å²) in [5.41, 5.74) is 1.69. The highest BCUT2D eigenvalue weighted by molar-refractivity contribution is 7.99. The van der Waals surface area contributed by atoms with E-state index in [0.29, 0.717) is 12.1 Å². The average molecular weight is 293 g/mol. The largest absolute Gasteiger partial charge is 0.318 e. The number of hydrogen-bond acceptors (Lipinski definition) is 5. The Kier molecular flexibility index (Phi) is 3.44. The van der Waals surface area contributed by atoms with E-state index in [-0.39, 0.29) is 0 Å². The second-order valence-electron chi connectivity index (χ2n) is 4.10. The monoisotopic (exact) mass is 293 g/mol. The molecule has 0 unspecified atom stereocenters. The first kappa shape index (κ1) is 12.5. The molecule has 6 heteroatoms. The summed E-state index contributed by atoms with van der Waals surface area (Å²) in [7, 11) is -2.95. The summed E-state index contributed by atoms with van der Waals surface area (Å²) >= 11 is 1.75. The van der Waals surface area contributed by atoms with Gasteiger partial charge in [-0.25, -0.2) is 0 Å². The molecule has 0 fully saturated rings. The van der Waals surface area contributed by atoms with E-state index in [0.717, 1.165) is 27.0 Å². The van der Waals surface area contributed by atoms with Gasteiger partial charge in [0, 0.05) is 22.6 Å².